The zero-order chi connectivity index (χ0) is 22.6. The number of carbonyl (C=O) groups is 2. The molecule has 0 bridgehead atoms. The van der Waals surface area contributed by atoms with Crippen molar-refractivity contribution >= 4 is 28.4 Å². The molecule has 2 amide bonds. The van der Waals surface area contributed by atoms with E-state index >= 15 is 0 Å². The minimum Gasteiger partial charge on any atom is -0.399 e. The summed E-state index contributed by atoms with van der Waals surface area (Å²) in [5, 5.41) is 19.7. The number of aliphatic hydroxyl groups is 1. The molecule has 5 N–H and O–H groups in total. The summed E-state index contributed by atoms with van der Waals surface area (Å²) in [6, 6.07) is 14.2. The van der Waals surface area contributed by atoms with Gasteiger partial charge >= 0.3 is 0 Å². The SMILES string of the molecule is CC(C)(C)[C@H](NC(=O)c1nn(Cc2ccc(N)cc2)c2ccccc12)C(=O)NCCO. The van der Waals surface area contributed by atoms with Crippen molar-refractivity contribution in [2.75, 3.05) is 18.9 Å². The second kappa shape index (κ2) is 9.18. The number of nitrogens with one attached hydrogen (secondary N) is 2. The average molecular weight is 424 g/mol. The highest BCUT2D eigenvalue weighted by molar-refractivity contribution is 6.06. The van der Waals surface area contributed by atoms with E-state index in [9.17, 15) is 9.59 Å². The summed E-state index contributed by atoms with van der Waals surface area (Å²) in [5.41, 5.74) is 8.01. The Bertz CT molecular complexity index is 1070. The number of hydrogen-bond acceptors (Lipinski definition) is 5. The number of fused-ring (bicyclic) bond motifs is 1. The van der Waals surface area contributed by atoms with Crippen LogP contribution in [-0.2, 0) is 11.3 Å². The van der Waals surface area contributed by atoms with Gasteiger partial charge in [0.25, 0.3) is 5.91 Å². The molecule has 0 unspecified atom stereocenters. The van der Waals surface area contributed by atoms with Gasteiger partial charge in [0.05, 0.1) is 18.7 Å². The number of amides is 2. The Kier molecular flexibility index (Phi) is 6.60. The highest BCUT2D eigenvalue weighted by Gasteiger charge is 2.33. The lowest BCUT2D eigenvalue weighted by atomic mass is 9.86. The molecule has 2 aromatic carbocycles. The standard InChI is InChI=1S/C23H29N5O3/c1-23(2,3)20(22(31)25-12-13-29)26-21(30)19-17-6-4-5-7-18(17)28(27-19)14-15-8-10-16(24)11-9-15/h4-11,20,29H,12-14,24H2,1-3H3,(H,25,31)(H,26,30)/t20-/m1/s1. The lowest BCUT2D eigenvalue weighted by molar-refractivity contribution is -0.125. The van der Waals surface area contributed by atoms with Gasteiger partial charge in [-0.1, -0.05) is 51.1 Å². The van der Waals surface area contributed by atoms with Crippen LogP contribution in [0.25, 0.3) is 10.9 Å². The topological polar surface area (TPSA) is 122 Å². The number of hydrogen-bond donors (Lipinski definition) is 4. The fourth-order valence-electron chi connectivity index (χ4n) is 3.37. The molecule has 3 aromatic rings. The first kappa shape index (κ1) is 22.3. The molecule has 0 saturated carbocycles. The van der Waals surface area contributed by atoms with Gasteiger partial charge in [0.1, 0.15) is 6.04 Å². The van der Waals surface area contributed by atoms with Crippen molar-refractivity contribution in [2.45, 2.75) is 33.4 Å². The number of aliphatic hydroxyl groups excluding tert-OH is 1. The fourth-order valence-corrected chi connectivity index (χ4v) is 3.37. The third kappa shape index (κ3) is 5.21. The van der Waals surface area contributed by atoms with E-state index in [-0.39, 0.29) is 24.8 Å². The summed E-state index contributed by atoms with van der Waals surface area (Å²) in [5.74, 6) is -0.771. The highest BCUT2D eigenvalue weighted by Crippen LogP contribution is 2.23. The first-order chi connectivity index (χ1) is 14.7. The van der Waals surface area contributed by atoms with Gasteiger partial charge in [0, 0.05) is 17.6 Å². The van der Waals surface area contributed by atoms with Gasteiger partial charge in [-0.15, -0.1) is 0 Å². The van der Waals surface area contributed by atoms with Gasteiger partial charge in [-0.25, -0.2) is 0 Å². The molecular weight excluding hydrogens is 394 g/mol. The monoisotopic (exact) mass is 423 g/mol. The zero-order valence-electron chi connectivity index (χ0n) is 18.1. The number of aromatic nitrogens is 2. The highest BCUT2D eigenvalue weighted by atomic mass is 16.3. The summed E-state index contributed by atoms with van der Waals surface area (Å²) in [4.78, 5) is 25.8. The Morgan fingerprint density at radius 2 is 1.81 bits per heavy atom. The molecule has 1 atom stereocenters. The molecule has 0 spiro atoms. The maximum atomic E-state index is 13.2. The normalized spacial score (nSPS) is 12.5. The molecule has 0 aliphatic carbocycles. The number of benzene rings is 2. The molecule has 0 aliphatic rings. The van der Waals surface area contributed by atoms with Crippen LogP contribution in [0.3, 0.4) is 0 Å². The predicted molar refractivity (Wildman–Crippen MR) is 120 cm³/mol. The van der Waals surface area contributed by atoms with Gasteiger partial charge in [-0.2, -0.15) is 5.10 Å². The van der Waals surface area contributed by atoms with Crippen molar-refractivity contribution in [1.82, 2.24) is 20.4 Å². The summed E-state index contributed by atoms with van der Waals surface area (Å²) >= 11 is 0. The zero-order valence-corrected chi connectivity index (χ0v) is 18.1. The van der Waals surface area contributed by atoms with Crippen LogP contribution in [0, 0.1) is 5.41 Å². The first-order valence-electron chi connectivity index (χ1n) is 10.2. The van der Waals surface area contributed by atoms with Crippen molar-refractivity contribution < 1.29 is 14.7 Å². The Morgan fingerprint density at radius 3 is 2.45 bits per heavy atom. The maximum absolute atomic E-state index is 13.2. The smallest absolute Gasteiger partial charge is 0.273 e. The lowest BCUT2D eigenvalue weighted by Gasteiger charge is -2.30. The Morgan fingerprint density at radius 1 is 1.13 bits per heavy atom. The number of para-hydroxylation sites is 1. The molecule has 0 fully saturated rings. The fraction of sp³-hybridized carbons (Fsp3) is 0.348. The van der Waals surface area contributed by atoms with E-state index in [0.717, 1.165) is 11.1 Å². The van der Waals surface area contributed by atoms with Gasteiger partial charge in [-0.3, -0.25) is 14.3 Å². The van der Waals surface area contributed by atoms with Crippen LogP contribution in [0.15, 0.2) is 48.5 Å². The second-order valence-corrected chi connectivity index (χ2v) is 8.55. The van der Waals surface area contributed by atoms with E-state index in [2.05, 4.69) is 15.7 Å². The van der Waals surface area contributed by atoms with Crippen LogP contribution < -0.4 is 16.4 Å². The molecule has 0 radical (unpaired) electrons. The van der Waals surface area contributed by atoms with Crippen LogP contribution in [0.1, 0.15) is 36.8 Å². The van der Waals surface area contributed by atoms with Crippen LogP contribution in [0.4, 0.5) is 5.69 Å². The van der Waals surface area contributed by atoms with Crippen molar-refractivity contribution in [2.24, 2.45) is 5.41 Å². The first-order valence-corrected chi connectivity index (χ1v) is 10.2. The summed E-state index contributed by atoms with van der Waals surface area (Å²) in [6.45, 7) is 6.04. The quantitative estimate of drug-likeness (QED) is 0.433. The van der Waals surface area contributed by atoms with Gasteiger partial charge in [0.15, 0.2) is 5.69 Å². The summed E-state index contributed by atoms with van der Waals surface area (Å²) in [7, 11) is 0. The number of nitrogens with two attached hydrogens (primary N) is 1. The average Bonchev–Trinajstić information content (AvgIpc) is 3.09. The summed E-state index contributed by atoms with van der Waals surface area (Å²) in [6.07, 6.45) is 0. The van der Waals surface area contributed by atoms with Crippen LogP contribution in [0.2, 0.25) is 0 Å². The molecule has 0 aliphatic heterocycles. The predicted octanol–water partition coefficient (Wildman–Crippen LogP) is 1.92. The number of nitrogens with zero attached hydrogens (tertiary/aromatic N) is 2. The maximum Gasteiger partial charge on any atom is 0.273 e. The van der Waals surface area contributed by atoms with E-state index < -0.39 is 17.4 Å². The number of carbonyl (C=O) groups excluding carboxylic acids is 2. The minimum atomic E-state index is -0.785. The summed E-state index contributed by atoms with van der Waals surface area (Å²) < 4.78 is 1.77. The van der Waals surface area contributed by atoms with Crippen molar-refractivity contribution in [1.29, 1.82) is 0 Å². The molecule has 0 saturated heterocycles. The molecule has 1 aromatic heterocycles. The Hall–Kier alpha value is -3.39. The van der Waals surface area contributed by atoms with E-state index in [1.165, 1.54) is 0 Å². The van der Waals surface area contributed by atoms with E-state index in [1.54, 1.807) is 4.68 Å². The third-order valence-corrected chi connectivity index (χ3v) is 5.00. The van der Waals surface area contributed by atoms with Crippen molar-refractivity contribution in [3.8, 4) is 0 Å². The molecule has 3 rings (SSSR count). The van der Waals surface area contributed by atoms with E-state index in [4.69, 9.17) is 10.8 Å². The Labute approximate surface area is 181 Å². The molecule has 8 nitrogen and oxygen atoms in total. The van der Waals surface area contributed by atoms with E-state index in [1.807, 2.05) is 69.3 Å². The van der Waals surface area contributed by atoms with Gasteiger partial charge in [0.2, 0.25) is 5.91 Å². The van der Waals surface area contributed by atoms with Crippen LogP contribution in [-0.4, -0.2) is 45.9 Å². The molecular formula is C23H29N5O3. The molecule has 1 heterocycles. The number of nitrogen functional groups attached to an aromatic ring is 1. The second-order valence-electron chi connectivity index (χ2n) is 8.55. The number of anilines is 1. The van der Waals surface area contributed by atoms with E-state index in [0.29, 0.717) is 17.6 Å². The van der Waals surface area contributed by atoms with Crippen molar-refractivity contribution in [3.63, 3.8) is 0 Å². The third-order valence-electron chi connectivity index (χ3n) is 5.00. The largest absolute Gasteiger partial charge is 0.399 e. The van der Waals surface area contributed by atoms with Gasteiger partial charge < -0.3 is 21.5 Å². The Balaban J connectivity index is 1.91. The molecule has 31 heavy (non-hydrogen) atoms. The van der Waals surface area contributed by atoms with Gasteiger partial charge in [-0.05, 0) is 29.2 Å². The number of rotatable bonds is 7. The molecule has 164 valence electrons. The van der Waals surface area contributed by atoms with Crippen LogP contribution in [0.5, 0.6) is 0 Å². The van der Waals surface area contributed by atoms with Crippen LogP contribution >= 0.6 is 0 Å². The molecule has 8 heteroatoms. The lowest BCUT2D eigenvalue weighted by Crippen LogP contribution is -2.54. The minimum absolute atomic E-state index is 0.125. The van der Waals surface area contributed by atoms with Crippen molar-refractivity contribution in [3.05, 3.63) is 59.8 Å².